The number of anilines is 1. The van der Waals surface area contributed by atoms with Gasteiger partial charge in [0.05, 0.1) is 17.9 Å². The maximum absolute atomic E-state index is 11.5. The Balaban J connectivity index is 2.49. The van der Waals surface area contributed by atoms with E-state index in [1.165, 1.54) is 0 Å². The van der Waals surface area contributed by atoms with Crippen molar-refractivity contribution in [3.8, 4) is 0 Å². The van der Waals surface area contributed by atoms with E-state index in [0.717, 1.165) is 5.69 Å². The van der Waals surface area contributed by atoms with Gasteiger partial charge in [0, 0.05) is 19.4 Å². The lowest BCUT2D eigenvalue weighted by atomic mass is 10.2. The molecule has 4 heteroatoms. The Bertz CT molecular complexity index is 324. The summed E-state index contributed by atoms with van der Waals surface area (Å²) in [5.41, 5.74) is 1.51. The number of aromatic nitrogens is 1. The van der Waals surface area contributed by atoms with Crippen LogP contribution in [0.15, 0.2) is 18.5 Å². The van der Waals surface area contributed by atoms with Crippen LogP contribution in [0.25, 0.3) is 0 Å². The topological polar surface area (TPSA) is 45.2 Å². The van der Waals surface area contributed by atoms with Crippen LogP contribution in [0.3, 0.4) is 0 Å². The molecule has 1 N–H and O–H groups in total. The van der Waals surface area contributed by atoms with Crippen LogP contribution in [0, 0.1) is 0 Å². The molecule has 0 aromatic carbocycles. The molecule has 0 aliphatic carbocycles. The molecule has 12 heavy (non-hydrogen) atoms. The molecule has 2 rings (SSSR count). The quantitative estimate of drug-likeness (QED) is 0.607. The van der Waals surface area contributed by atoms with E-state index in [1.54, 1.807) is 30.4 Å². The molecule has 0 unspecified atom stereocenters. The van der Waals surface area contributed by atoms with E-state index in [0.29, 0.717) is 12.2 Å². The van der Waals surface area contributed by atoms with E-state index in [1.807, 2.05) is 0 Å². The molecule has 1 aromatic heterocycles. The maximum atomic E-state index is 11.5. The minimum absolute atomic E-state index is 0.0249. The fourth-order valence-corrected chi connectivity index (χ4v) is 1.20. The predicted molar refractivity (Wildman–Crippen MR) is 44.8 cm³/mol. The molecule has 0 radical (unpaired) electrons. The summed E-state index contributed by atoms with van der Waals surface area (Å²) in [6.07, 6.45) is 3.25. The van der Waals surface area contributed by atoms with Gasteiger partial charge in [-0.1, -0.05) is 0 Å². The van der Waals surface area contributed by atoms with Crippen LogP contribution in [0.4, 0.5) is 5.69 Å². The number of carbonyl (C=O) groups excluding carboxylic acids is 1. The number of pyridine rings is 1. The van der Waals surface area contributed by atoms with E-state index in [-0.39, 0.29) is 5.91 Å². The molecule has 1 aliphatic heterocycles. The second kappa shape index (κ2) is 2.48. The number of rotatable bonds is 0. The summed E-state index contributed by atoms with van der Waals surface area (Å²) < 4.78 is 0. The van der Waals surface area contributed by atoms with Crippen molar-refractivity contribution in [1.82, 2.24) is 9.88 Å². The van der Waals surface area contributed by atoms with E-state index < -0.39 is 0 Å². The number of hydrogen-bond acceptors (Lipinski definition) is 3. The molecule has 0 fully saturated rings. The second-order valence-corrected chi connectivity index (χ2v) is 2.76. The smallest absolute Gasteiger partial charge is 0.258 e. The zero-order valence-electron chi connectivity index (χ0n) is 6.74. The minimum atomic E-state index is 0.0249. The van der Waals surface area contributed by atoms with Crippen molar-refractivity contribution in [3.63, 3.8) is 0 Å². The third kappa shape index (κ3) is 0.922. The molecule has 4 nitrogen and oxygen atoms in total. The van der Waals surface area contributed by atoms with Crippen molar-refractivity contribution < 1.29 is 4.79 Å². The average Bonchev–Trinajstić information content (AvgIpc) is 2.12. The Labute approximate surface area is 70.2 Å². The van der Waals surface area contributed by atoms with Gasteiger partial charge in [-0.15, -0.1) is 0 Å². The summed E-state index contributed by atoms with van der Waals surface area (Å²) >= 11 is 0. The number of carbonyl (C=O) groups is 1. The van der Waals surface area contributed by atoms with Crippen LogP contribution >= 0.6 is 0 Å². The van der Waals surface area contributed by atoms with Crippen LogP contribution < -0.4 is 5.32 Å². The largest absolute Gasteiger partial charge is 0.367 e. The zero-order chi connectivity index (χ0) is 8.55. The van der Waals surface area contributed by atoms with Crippen molar-refractivity contribution >= 4 is 11.6 Å². The second-order valence-electron chi connectivity index (χ2n) is 2.76. The van der Waals surface area contributed by atoms with Crippen molar-refractivity contribution in [3.05, 3.63) is 24.0 Å². The molecule has 1 aliphatic rings. The summed E-state index contributed by atoms with van der Waals surface area (Å²) in [5.74, 6) is 0.0249. The first-order valence-electron chi connectivity index (χ1n) is 3.72. The summed E-state index contributed by atoms with van der Waals surface area (Å²) in [7, 11) is 1.76. The van der Waals surface area contributed by atoms with E-state index >= 15 is 0 Å². The van der Waals surface area contributed by atoms with Crippen molar-refractivity contribution in [2.45, 2.75) is 0 Å². The van der Waals surface area contributed by atoms with Crippen molar-refractivity contribution in [2.24, 2.45) is 0 Å². The SMILES string of the molecule is CN1CNc2ccncc2C1=O. The van der Waals surface area contributed by atoms with Crippen LogP contribution in [0.2, 0.25) is 0 Å². The molecule has 0 spiro atoms. The molecule has 0 saturated heterocycles. The highest BCUT2D eigenvalue weighted by molar-refractivity contribution is 6.00. The monoisotopic (exact) mass is 163 g/mol. The summed E-state index contributed by atoms with van der Waals surface area (Å²) in [6.45, 7) is 0.565. The number of amides is 1. The van der Waals surface area contributed by atoms with Gasteiger partial charge < -0.3 is 10.2 Å². The van der Waals surface area contributed by atoms with Gasteiger partial charge in [-0.25, -0.2) is 0 Å². The molecule has 0 atom stereocenters. The minimum Gasteiger partial charge on any atom is -0.367 e. The van der Waals surface area contributed by atoms with Crippen molar-refractivity contribution in [1.29, 1.82) is 0 Å². The van der Waals surface area contributed by atoms with Gasteiger partial charge in [-0.2, -0.15) is 0 Å². The molecule has 62 valence electrons. The van der Waals surface area contributed by atoms with Gasteiger partial charge in [0.1, 0.15) is 0 Å². The fourth-order valence-electron chi connectivity index (χ4n) is 1.20. The molecule has 0 saturated carbocycles. The lowest BCUT2D eigenvalue weighted by molar-refractivity contribution is 0.0796. The fraction of sp³-hybridized carbons (Fsp3) is 0.250. The van der Waals surface area contributed by atoms with Gasteiger partial charge in [-0.05, 0) is 6.07 Å². The van der Waals surface area contributed by atoms with Crippen molar-refractivity contribution in [2.75, 3.05) is 19.0 Å². The van der Waals surface area contributed by atoms with E-state index in [9.17, 15) is 4.79 Å². The van der Waals surface area contributed by atoms with Gasteiger partial charge in [0.25, 0.3) is 5.91 Å². The number of nitrogens with zero attached hydrogens (tertiary/aromatic N) is 2. The third-order valence-electron chi connectivity index (χ3n) is 1.90. The Morgan fingerprint density at radius 2 is 2.50 bits per heavy atom. The molecule has 1 amide bonds. The molecule has 1 aromatic rings. The molecule has 0 bridgehead atoms. The first-order chi connectivity index (χ1) is 5.79. The first kappa shape index (κ1) is 7.09. The number of hydrogen-bond donors (Lipinski definition) is 1. The van der Waals surface area contributed by atoms with Gasteiger partial charge >= 0.3 is 0 Å². The summed E-state index contributed by atoms with van der Waals surface area (Å²) in [4.78, 5) is 17.0. The molecular formula is C8H9N3O. The number of fused-ring (bicyclic) bond motifs is 1. The first-order valence-corrected chi connectivity index (χ1v) is 3.72. The summed E-state index contributed by atoms with van der Waals surface area (Å²) in [5, 5.41) is 3.11. The van der Waals surface area contributed by atoms with Gasteiger partial charge in [-0.3, -0.25) is 9.78 Å². The third-order valence-corrected chi connectivity index (χ3v) is 1.90. The predicted octanol–water partition coefficient (Wildman–Crippen LogP) is 0.537. The Kier molecular flexibility index (Phi) is 1.46. The highest BCUT2D eigenvalue weighted by Gasteiger charge is 2.20. The Morgan fingerprint density at radius 1 is 1.67 bits per heavy atom. The molecule has 2 heterocycles. The highest BCUT2D eigenvalue weighted by Crippen LogP contribution is 2.18. The molecular weight excluding hydrogens is 154 g/mol. The van der Waals surface area contributed by atoms with Crippen LogP contribution in [0.5, 0.6) is 0 Å². The lowest BCUT2D eigenvalue weighted by Crippen LogP contribution is -2.36. The van der Waals surface area contributed by atoms with Crippen LogP contribution in [-0.2, 0) is 0 Å². The standard InChI is InChI=1S/C8H9N3O/c1-11-5-10-7-2-3-9-4-6(7)8(11)12/h2-4,10H,5H2,1H3. The van der Waals surface area contributed by atoms with E-state index in [4.69, 9.17) is 0 Å². The zero-order valence-corrected chi connectivity index (χ0v) is 6.74. The van der Waals surface area contributed by atoms with Gasteiger partial charge in [0.2, 0.25) is 0 Å². The van der Waals surface area contributed by atoms with Crippen LogP contribution in [-0.4, -0.2) is 29.5 Å². The number of nitrogens with one attached hydrogen (secondary N) is 1. The Hall–Kier alpha value is -1.58. The Morgan fingerprint density at radius 3 is 3.33 bits per heavy atom. The highest BCUT2D eigenvalue weighted by atomic mass is 16.2. The lowest BCUT2D eigenvalue weighted by Gasteiger charge is -2.25. The average molecular weight is 163 g/mol. The van der Waals surface area contributed by atoms with E-state index in [2.05, 4.69) is 10.3 Å². The summed E-state index contributed by atoms with van der Waals surface area (Å²) in [6, 6.07) is 1.81. The maximum Gasteiger partial charge on any atom is 0.258 e. The van der Waals surface area contributed by atoms with Crippen LogP contribution in [0.1, 0.15) is 10.4 Å². The normalized spacial score (nSPS) is 15.4. The van der Waals surface area contributed by atoms with Gasteiger partial charge in [0.15, 0.2) is 0 Å².